The van der Waals surface area contributed by atoms with Gasteiger partial charge in [-0.25, -0.2) is 0 Å². The zero-order valence-electron chi connectivity index (χ0n) is 14.2. The number of hydrogen-bond donors (Lipinski definition) is 3. The Bertz CT molecular complexity index is 909. The average Bonchev–Trinajstić information content (AvgIpc) is 2.64. The van der Waals surface area contributed by atoms with E-state index in [1.807, 2.05) is 30.3 Å². The monoisotopic (exact) mass is 346 g/mol. The maximum Gasteiger partial charge on any atom is 0.257 e. The van der Waals surface area contributed by atoms with Gasteiger partial charge in [0, 0.05) is 30.2 Å². The van der Waals surface area contributed by atoms with E-state index >= 15 is 0 Å². The van der Waals surface area contributed by atoms with Crippen molar-refractivity contribution in [3.63, 3.8) is 0 Å². The Labute approximate surface area is 151 Å². The van der Waals surface area contributed by atoms with Crippen LogP contribution in [0.3, 0.4) is 0 Å². The highest BCUT2D eigenvalue weighted by molar-refractivity contribution is 6.04. The number of carbonyl (C=O) groups is 2. The molecule has 0 spiro atoms. The van der Waals surface area contributed by atoms with Gasteiger partial charge in [0.15, 0.2) is 0 Å². The molecule has 0 fully saturated rings. The molecule has 0 radical (unpaired) electrons. The lowest BCUT2D eigenvalue weighted by atomic mass is 10.2. The van der Waals surface area contributed by atoms with Crippen LogP contribution in [0.5, 0.6) is 0 Å². The second-order valence-electron chi connectivity index (χ2n) is 5.67. The molecule has 0 bridgehead atoms. The zero-order valence-corrected chi connectivity index (χ0v) is 14.2. The molecule has 6 heteroatoms. The normalized spacial score (nSPS) is 10.0. The number of aromatic nitrogens is 1. The van der Waals surface area contributed by atoms with Crippen molar-refractivity contribution in [2.75, 3.05) is 16.0 Å². The van der Waals surface area contributed by atoms with E-state index in [-0.39, 0.29) is 11.8 Å². The van der Waals surface area contributed by atoms with Crippen LogP contribution in [0.4, 0.5) is 22.7 Å². The molecule has 6 nitrogen and oxygen atoms in total. The topological polar surface area (TPSA) is 83.1 Å². The average molecular weight is 346 g/mol. The summed E-state index contributed by atoms with van der Waals surface area (Å²) in [6.45, 7) is 1.44. The number of para-hydroxylation sites is 1. The molecule has 0 aliphatic rings. The van der Waals surface area contributed by atoms with Crippen LogP contribution in [0, 0.1) is 0 Å². The number of benzene rings is 2. The molecule has 0 unspecified atom stereocenters. The molecule has 2 amide bonds. The van der Waals surface area contributed by atoms with E-state index in [4.69, 9.17) is 0 Å². The lowest BCUT2D eigenvalue weighted by Gasteiger charge is -2.09. The second kappa shape index (κ2) is 7.94. The predicted octanol–water partition coefficient (Wildman–Crippen LogP) is 4.04. The van der Waals surface area contributed by atoms with Crippen LogP contribution in [0.15, 0.2) is 73.1 Å². The molecular formula is C20H18N4O2. The Balaban J connectivity index is 1.68. The van der Waals surface area contributed by atoms with Gasteiger partial charge >= 0.3 is 0 Å². The first kappa shape index (κ1) is 17.2. The Hall–Kier alpha value is -3.67. The van der Waals surface area contributed by atoms with E-state index in [0.29, 0.717) is 16.9 Å². The molecule has 3 N–H and O–H groups in total. The van der Waals surface area contributed by atoms with Gasteiger partial charge < -0.3 is 16.0 Å². The van der Waals surface area contributed by atoms with Crippen molar-refractivity contribution in [2.45, 2.75) is 6.92 Å². The summed E-state index contributed by atoms with van der Waals surface area (Å²) in [4.78, 5) is 27.6. The maximum atomic E-state index is 12.4. The lowest BCUT2D eigenvalue weighted by Crippen LogP contribution is -2.12. The smallest absolute Gasteiger partial charge is 0.257 e. The molecule has 130 valence electrons. The van der Waals surface area contributed by atoms with Gasteiger partial charge in [-0.1, -0.05) is 18.2 Å². The fourth-order valence-corrected chi connectivity index (χ4v) is 2.36. The van der Waals surface area contributed by atoms with Crippen LogP contribution in [0.25, 0.3) is 0 Å². The van der Waals surface area contributed by atoms with E-state index in [1.54, 1.807) is 36.5 Å². The number of nitrogens with zero attached hydrogens (tertiary/aromatic N) is 1. The summed E-state index contributed by atoms with van der Waals surface area (Å²) in [5.41, 5.74) is 3.39. The molecule has 2 aromatic carbocycles. The van der Waals surface area contributed by atoms with Crippen molar-refractivity contribution < 1.29 is 9.59 Å². The number of anilines is 4. The molecule has 26 heavy (non-hydrogen) atoms. The van der Waals surface area contributed by atoms with Crippen molar-refractivity contribution in [1.82, 2.24) is 4.98 Å². The van der Waals surface area contributed by atoms with Gasteiger partial charge in [0.1, 0.15) is 0 Å². The summed E-state index contributed by atoms with van der Waals surface area (Å²) < 4.78 is 0. The van der Waals surface area contributed by atoms with Crippen molar-refractivity contribution in [3.8, 4) is 0 Å². The Kier molecular flexibility index (Phi) is 5.24. The number of hydrogen-bond acceptors (Lipinski definition) is 4. The summed E-state index contributed by atoms with van der Waals surface area (Å²) in [7, 11) is 0. The van der Waals surface area contributed by atoms with Crippen LogP contribution in [0.1, 0.15) is 17.3 Å². The molecule has 0 saturated carbocycles. The summed E-state index contributed by atoms with van der Waals surface area (Å²) in [5, 5.41) is 8.69. The number of amides is 2. The molecule has 0 aliphatic heterocycles. The molecule has 1 aromatic heterocycles. The van der Waals surface area contributed by atoms with E-state index < -0.39 is 0 Å². The van der Waals surface area contributed by atoms with Crippen LogP contribution >= 0.6 is 0 Å². The minimum atomic E-state index is -0.263. The second-order valence-corrected chi connectivity index (χ2v) is 5.67. The highest BCUT2D eigenvalue weighted by Gasteiger charge is 2.08. The highest BCUT2D eigenvalue weighted by atomic mass is 16.2. The summed E-state index contributed by atoms with van der Waals surface area (Å²) in [5.74, 6) is -0.405. The summed E-state index contributed by atoms with van der Waals surface area (Å²) >= 11 is 0. The predicted molar refractivity (Wildman–Crippen MR) is 103 cm³/mol. The van der Waals surface area contributed by atoms with Gasteiger partial charge in [-0.3, -0.25) is 14.6 Å². The molecule has 0 saturated heterocycles. The molecule has 3 aromatic rings. The SMILES string of the molecule is CC(=O)Nc1ccc(NC(=O)c2cncc(Nc3ccccc3)c2)cc1. The van der Waals surface area contributed by atoms with E-state index in [2.05, 4.69) is 20.9 Å². The van der Waals surface area contributed by atoms with Crippen molar-refractivity contribution in [3.05, 3.63) is 78.6 Å². The third kappa shape index (κ3) is 4.67. The largest absolute Gasteiger partial charge is 0.354 e. The zero-order chi connectivity index (χ0) is 18.4. The maximum absolute atomic E-state index is 12.4. The molecule has 1 heterocycles. The number of pyridine rings is 1. The summed E-state index contributed by atoms with van der Waals surface area (Å²) in [6.07, 6.45) is 3.17. The Morgan fingerprint density at radius 1 is 0.769 bits per heavy atom. The fraction of sp³-hybridized carbons (Fsp3) is 0.0500. The van der Waals surface area contributed by atoms with Gasteiger partial charge in [-0.2, -0.15) is 0 Å². The number of rotatable bonds is 5. The van der Waals surface area contributed by atoms with Crippen molar-refractivity contribution in [2.24, 2.45) is 0 Å². The van der Waals surface area contributed by atoms with E-state index in [1.165, 1.54) is 13.1 Å². The van der Waals surface area contributed by atoms with Crippen LogP contribution in [0.2, 0.25) is 0 Å². The first-order valence-electron chi connectivity index (χ1n) is 8.06. The molecule has 0 aliphatic carbocycles. The van der Waals surface area contributed by atoms with Crippen LogP contribution in [-0.4, -0.2) is 16.8 Å². The lowest BCUT2D eigenvalue weighted by molar-refractivity contribution is -0.114. The Morgan fingerprint density at radius 2 is 1.42 bits per heavy atom. The van der Waals surface area contributed by atoms with Gasteiger partial charge in [0.05, 0.1) is 17.4 Å². The van der Waals surface area contributed by atoms with E-state index in [9.17, 15) is 9.59 Å². The van der Waals surface area contributed by atoms with Gasteiger partial charge in [0.2, 0.25) is 5.91 Å². The fourth-order valence-electron chi connectivity index (χ4n) is 2.36. The first-order chi connectivity index (χ1) is 12.6. The Morgan fingerprint density at radius 3 is 2.08 bits per heavy atom. The standard InChI is InChI=1S/C20H18N4O2/c1-14(25)22-17-7-9-18(10-8-17)24-20(26)15-11-19(13-21-12-15)23-16-5-3-2-4-6-16/h2-13,23H,1H3,(H,22,25)(H,24,26). The third-order valence-electron chi connectivity index (χ3n) is 3.53. The molecular weight excluding hydrogens is 328 g/mol. The summed E-state index contributed by atoms with van der Waals surface area (Å²) in [6, 6.07) is 18.3. The quantitative estimate of drug-likeness (QED) is 0.651. The molecule has 3 rings (SSSR count). The van der Waals surface area contributed by atoms with Gasteiger partial charge in [-0.15, -0.1) is 0 Å². The van der Waals surface area contributed by atoms with Crippen LogP contribution < -0.4 is 16.0 Å². The number of nitrogens with one attached hydrogen (secondary N) is 3. The minimum absolute atomic E-state index is 0.143. The van der Waals surface area contributed by atoms with Crippen LogP contribution in [-0.2, 0) is 4.79 Å². The molecule has 0 atom stereocenters. The minimum Gasteiger partial charge on any atom is -0.354 e. The number of carbonyl (C=O) groups excluding carboxylic acids is 2. The van der Waals surface area contributed by atoms with Gasteiger partial charge in [0.25, 0.3) is 5.91 Å². The third-order valence-corrected chi connectivity index (χ3v) is 3.53. The first-order valence-corrected chi connectivity index (χ1v) is 8.06. The van der Waals surface area contributed by atoms with Crippen molar-refractivity contribution in [1.29, 1.82) is 0 Å². The van der Waals surface area contributed by atoms with E-state index in [0.717, 1.165) is 11.4 Å². The van der Waals surface area contributed by atoms with Gasteiger partial charge in [-0.05, 0) is 42.5 Å². The highest BCUT2D eigenvalue weighted by Crippen LogP contribution is 2.18. The van der Waals surface area contributed by atoms with Crippen molar-refractivity contribution >= 4 is 34.6 Å².